The average molecular weight is 125 g/mol. The summed E-state index contributed by atoms with van der Waals surface area (Å²) in [6.07, 6.45) is 4.22. The van der Waals surface area contributed by atoms with Gasteiger partial charge < -0.3 is 0 Å². The Morgan fingerprint density at radius 2 is 2.33 bits per heavy atom. The van der Waals surface area contributed by atoms with Crippen molar-refractivity contribution >= 4 is 6.34 Å². The molecule has 0 unspecified atom stereocenters. The van der Waals surface area contributed by atoms with Crippen molar-refractivity contribution in [1.82, 2.24) is 4.90 Å². The Morgan fingerprint density at radius 3 is 2.78 bits per heavy atom. The lowest BCUT2D eigenvalue weighted by Crippen LogP contribution is -2.25. The number of likely N-dealkylation sites (N-methyl/N-ethyl adjacent to an activating group) is 1. The zero-order valence-corrected chi connectivity index (χ0v) is 6.26. The van der Waals surface area contributed by atoms with Gasteiger partial charge in [0.1, 0.15) is 6.54 Å². The second kappa shape index (κ2) is 2.21. The van der Waals surface area contributed by atoms with Crippen LogP contribution in [0.5, 0.6) is 0 Å². The first-order chi connectivity index (χ1) is 4.18. The third-order valence-corrected chi connectivity index (χ3v) is 1.30. The molecule has 1 rings (SSSR count). The van der Waals surface area contributed by atoms with Crippen LogP contribution in [-0.4, -0.2) is 36.5 Å². The van der Waals surface area contributed by atoms with E-state index in [0.29, 0.717) is 0 Å². The molecule has 9 heavy (non-hydrogen) atoms. The molecular weight excluding hydrogens is 112 g/mol. The molecule has 0 N–H and O–H groups in total. The van der Waals surface area contributed by atoms with E-state index in [2.05, 4.69) is 36.0 Å². The molecule has 0 saturated carbocycles. The highest BCUT2D eigenvalue weighted by atomic mass is 15.2. The first-order valence-corrected chi connectivity index (χ1v) is 3.13. The van der Waals surface area contributed by atoms with Crippen molar-refractivity contribution in [3.8, 4) is 0 Å². The van der Waals surface area contributed by atoms with Crippen molar-refractivity contribution in [2.75, 3.05) is 20.6 Å². The zero-order chi connectivity index (χ0) is 6.85. The molecule has 1 heterocycles. The second-order valence-corrected chi connectivity index (χ2v) is 2.67. The fraction of sp³-hybridized carbons (Fsp3) is 0.571. The van der Waals surface area contributed by atoms with Crippen LogP contribution in [0.4, 0.5) is 0 Å². The number of hydrogen-bond donors (Lipinski definition) is 0. The lowest BCUT2D eigenvalue weighted by molar-refractivity contribution is -0.490. The summed E-state index contributed by atoms with van der Waals surface area (Å²) in [4.78, 5) is 2.07. The topological polar surface area (TPSA) is 6.25 Å². The maximum absolute atomic E-state index is 2.16. The molecule has 1 aliphatic rings. The molecule has 0 aromatic rings. The highest BCUT2D eigenvalue weighted by Crippen LogP contribution is 1.98. The Hall–Kier alpha value is -0.790. The molecule has 0 atom stereocenters. The van der Waals surface area contributed by atoms with Crippen molar-refractivity contribution in [2.24, 2.45) is 0 Å². The molecule has 2 heteroatoms. The average Bonchev–Trinajstić information content (AvgIpc) is 1.59. The fourth-order valence-corrected chi connectivity index (χ4v) is 1.17. The van der Waals surface area contributed by atoms with E-state index in [4.69, 9.17) is 0 Å². The maximum atomic E-state index is 2.16. The summed E-state index contributed by atoms with van der Waals surface area (Å²) in [6.45, 7) is 3.20. The molecule has 50 valence electrons. The number of hydrogen-bond acceptors (Lipinski definition) is 1. The van der Waals surface area contributed by atoms with Crippen LogP contribution < -0.4 is 0 Å². The molecule has 0 aromatic heterocycles. The van der Waals surface area contributed by atoms with Crippen LogP contribution in [0.1, 0.15) is 6.92 Å². The molecule has 0 radical (unpaired) electrons. The van der Waals surface area contributed by atoms with Crippen LogP contribution in [0.2, 0.25) is 0 Å². The summed E-state index contributed by atoms with van der Waals surface area (Å²) in [7, 11) is 4.12. The van der Waals surface area contributed by atoms with E-state index in [-0.39, 0.29) is 0 Å². The van der Waals surface area contributed by atoms with Crippen molar-refractivity contribution in [2.45, 2.75) is 6.92 Å². The van der Waals surface area contributed by atoms with Crippen molar-refractivity contribution < 1.29 is 4.58 Å². The molecule has 0 bridgehead atoms. The summed E-state index contributed by atoms with van der Waals surface area (Å²) in [5.74, 6) is 0. The molecule has 0 amide bonds. The second-order valence-electron chi connectivity index (χ2n) is 2.67. The van der Waals surface area contributed by atoms with Gasteiger partial charge in [0.25, 0.3) is 0 Å². The Balaban J connectivity index is 2.69. The first kappa shape index (κ1) is 6.33. The van der Waals surface area contributed by atoms with E-state index in [9.17, 15) is 0 Å². The predicted octanol–water partition coefficient (Wildman–Crippen LogP) is 0.506. The molecule has 0 spiro atoms. The molecule has 1 aliphatic heterocycles. The summed E-state index contributed by atoms with van der Waals surface area (Å²) in [5.41, 5.74) is 1.41. The lowest BCUT2D eigenvalue weighted by Gasteiger charge is -2.10. The summed E-state index contributed by atoms with van der Waals surface area (Å²) in [6, 6.07) is 0. The molecule has 0 aliphatic carbocycles. The van der Waals surface area contributed by atoms with Crippen LogP contribution in [0.3, 0.4) is 0 Å². The first-order valence-electron chi connectivity index (χ1n) is 3.13. The van der Waals surface area contributed by atoms with Gasteiger partial charge in [0.15, 0.2) is 0 Å². The SMILES string of the molecule is CC1=CN(C)C=[N+](C)C1. The summed E-state index contributed by atoms with van der Waals surface area (Å²) in [5, 5.41) is 0. The van der Waals surface area contributed by atoms with Gasteiger partial charge in [0.2, 0.25) is 6.34 Å². The van der Waals surface area contributed by atoms with Crippen molar-refractivity contribution in [1.29, 1.82) is 0 Å². The van der Waals surface area contributed by atoms with Crippen LogP contribution in [-0.2, 0) is 0 Å². The Kier molecular flexibility index (Phi) is 1.56. The lowest BCUT2D eigenvalue weighted by atomic mass is 10.3. The molecule has 0 aromatic carbocycles. The maximum Gasteiger partial charge on any atom is 0.238 e. The van der Waals surface area contributed by atoms with E-state index in [0.717, 1.165) is 6.54 Å². The smallest absolute Gasteiger partial charge is 0.238 e. The Bertz CT molecular complexity index is 150. The van der Waals surface area contributed by atoms with Crippen LogP contribution in [0.15, 0.2) is 11.8 Å². The zero-order valence-electron chi connectivity index (χ0n) is 6.26. The van der Waals surface area contributed by atoms with E-state index >= 15 is 0 Å². The molecule has 0 saturated heterocycles. The Morgan fingerprint density at radius 1 is 1.67 bits per heavy atom. The third kappa shape index (κ3) is 1.56. The van der Waals surface area contributed by atoms with Gasteiger partial charge in [-0.1, -0.05) is 0 Å². The fourth-order valence-electron chi connectivity index (χ4n) is 1.17. The minimum Gasteiger partial charge on any atom is -0.267 e. The van der Waals surface area contributed by atoms with Crippen LogP contribution >= 0.6 is 0 Å². The monoisotopic (exact) mass is 125 g/mol. The van der Waals surface area contributed by atoms with Gasteiger partial charge in [-0.2, -0.15) is 0 Å². The van der Waals surface area contributed by atoms with Gasteiger partial charge >= 0.3 is 0 Å². The highest BCUT2D eigenvalue weighted by molar-refractivity contribution is 5.51. The molecular formula is C7H13N2+. The molecule has 2 nitrogen and oxygen atoms in total. The summed E-state index contributed by atoms with van der Waals surface area (Å²) < 4.78 is 2.16. The van der Waals surface area contributed by atoms with Crippen molar-refractivity contribution in [3.63, 3.8) is 0 Å². The standard InChI is InChI=1S/C7H13N2/c1-7-4-8(2)6-9(3)5-7/h4,6H,5H2,1-3H3/q+1. The largest absolute Gasteiger partial charge is 0.267 e. The number of rotatable bonds is 0. The van der Waals surface area contributed by atoms with Gasteiger partial charge in [-0.25, -0.2) is 4.90 Å². The van der Waals surface area contributed by atoms with Gasteiger partial charge in [-0.05, 0) is 6.92 Å². The van der Waals surface area contributed by atoms with Crippen molar-refractivity contribution in [3.05, 3.63) is 11.8 Å². The number of nitrogens with zero attached hydrogens (tertiary/aromatic N) is 2. The Labute approximate surface area is 56.1 Å². The predicted molar refractivity (Wildman–Crippen MR) is 38.6 cm³/mol. The normalized spacial score (nSPS) is 19.2. The van der Waals surface area contributed by atoms with Gasteiger partial charge in [0.05, 0.1) is 20.3 Å². The van der Waals surface area contributed by atoms with Crippen LogP contribution in [0, 0.1) is 0 Å². The minimum absolute atomic E-state index is 1.06. The van der Waals surface area contributed by atoms with E-state index in [1.54, 1.807) is 0 Å². The van der Waals surface area contributed by atoms with Crippen LogP contribution in [0.25, 0.3) is 0 Å². The quantitative estimate of drug-likeness (QED) is 0.427. The summed E-state index contributed by atoms with van der Waals surface area (Å²) >= 11 is 0. The van der Waals surface area contributed by atoms with E-state index in [1.165, 1.54) is 5.57 Å². The van der Waals surface area contributed by atoms with E-state index in [1.807, 2.05) is 7.05 Å². The van der Waals surface area contributed by atoms with Gasteiger partial charge in [0, 0.05) is 5.57 Å². The molecule has 0 fully saturated rings. The van der Waals surface area contributed by atoms with E-state index < -0.39 is 0 Å². The highest BCUT2D eigenvalue weighted by Gasteiger charge is 2.06. The van der Waals surface area contributed by atoms with Gasteiger partial charge in [-0.3, -0.25) is 4.58 Å². The van der Waals surface area contributed by atoms with Gasteiger partial charge in [-0.15, -0.1) is 0 Å². The minimum atomic E-state index is 1.06. The third-order valence-electron chi connectivity index (χ3n) is 1.30.